The van der Waals surface area contributed by atoms with Crippen LogP contribution in [0.5, 0.6) is 5.75 Å². The summed E-state index contributed by atoms with van der Waals surface area (Å²) in [4.78, 5) is 14.4. The molecule has 1 aromatic heterocycles. The normalized spacial score (nSPS) is 27.4. The second kappa shape index (κ2) is 6.92. The largest absolute Gasteiger partial charge is 0.492 e. The zero-order valence-electron chi connectivity index (χ0n) is 16.7. The maximum atomic E-state index is 13.6. The van der Waals surface area contributed by atoms with Gasteiger partial charge in [0.2, 0.25) is 11.8 Å². The second-order valence-electron chi connectivity index (χ2n) is 8.54. The van der Waals surface area contributed by atoms with Crippen LogP contribution in [0.15, 0.2) is 28.7 Å². The van der Waals surface area contributed by atoms with E-state index in [2.05, 4.69) is 15.5 Å². The Morgan fingerprint density at radius 1 is 1.37 bits per heavy atom. The van der Waals surface area contributed by atoms with Gasteiger partial charge < -0.3 is 19.4 Å². The summed E-state index contributed by atoms with van der Waals surface area (Å²) in [6, 6.07) is 7.41. The van der Waals surface area contributed by atoms with Gasteiger partial charge in [-0.25, -0.2) is 8.78 Å². The first-order valence-corrected chi connectivity index (χ1v) is 10.4. The highest BCUT2D eigenvalue weighted by molar-refractivity contribution is 5.84. The predicted octanol–water partition coefficient (Wildman–Crippen LogP) is 3.24. The highest BCUT2D eigenvalue weighted by atomic mass is 19.3. The summed E-state index contributed by atoms with van der Waals surface area (Å²) in [5.74, 6) is -1.58. The molecule has 1 N–H and O–H groups in total. The first-order valence-electron chi connectivity index (χ1n) is 10.4. The van der Waals surface area contributed by atoms with Crippen LogP contribution in [-0.2, 0) is 11.2 Å². The monoisotopic (exact) mass is 418 g/mol. The fraction of sp³-hybridized carbons (Fsp3) is 0.571. The SMILES string of the molecule is CCC(Nc1nnc(C2COc3ccccc3C2)o1)C(=O)N1CCC2(C1)CC2(F)F. The minimum absolute atomic E-state index is 0.0609. The van der Waals surface area contributed by atoms with Gasteiger partial charge in [0.15, 0.2) is 0 Å². The lowest BCUT2D eigenvalue weighted by Gasteiger charge is -2.23. The molecule has 1 spiro atoms. The average Bonchev–Trinajstić information content (AvgIpc) is 3.14. The third-order valence-corrected chi connectivity index (χ3v) is 6.55. The quantitative estimate of drug-likeness (QED) is 0.803. The van der Waals surface area contributed by atoms with Crippen LogP contribution in [0.25, 0.3) is 0 Å². The Kier molecular flexibility index (Phi) is 4.44. The Hall–Kier alpha value is -2.71. The van der Waals surface area contributed by atoms with E-state index in [4.69, 9.17) is 9.15 Å². The lowest BCUT2D eigenvalue weighted by atomic mass is 9.97. The molecular weight excluding hydrogens is 394 g/mol. The van der Waals surface area contributed by atoms with Crippen molar-refractivity contribution in [2.75, 3.05) is 25.0 Å². The summed E-state index contributed by atoms with van der Waals surface area (Å²) >= 11 is 0. The summed E-state index contributed by atoms with van der Waals surface area (Å²) in [5.41, 5.74) is 0.0819. The van der Waals surface area contributed by atoms with Crippen molar-refractivity contribution < 1.29 is 22.7 Å². The molecule has 30 heavy (non-hydrogen) atoms. The Morgan fingerprint density at radius 2 is 2.17 bits per heavy atom. The number of para-hydroxylation sites is 1. The molecule has 2 aromatic rings. The molecule has 0 bridgehead atoms. The van der Waals surface area contributed by atoms with Gasteiger partial charge in [0.1, 0.15) is 18.4 Å². The number of aromatic nitrogens is 2. The fourth-order valence-electron chi connectivity index (χ4n) is 4.54. The lowest BCUT2D eigenvalue weighted by Crippen LogP contribution is -2.42. The van der Waals surface area contributed by atoms with Gasteiger partial charge in [0.05, 0.1) is 11.3 Å². The third kappa shape index (κ3) is 3.20. The number of carbonyl (C=O) groups is 1. The molecule has 9 heteroatoms. The fourth-order valence-corrected chi connectivity index (χ4v) is 4.54. The van der Waals surface area contributed by atoms with Crippen molar-refractivity contribution in [3.8, 4) is 5.75 Å². The summed E-state index contributed by atoms with van der Waals surface area (Å²) in [6.45, 7) is 2.78. The Labute approximate surface area is 172 Å². The third-order valence-electron chi connectivity index (χ3n) is 6.55. The van der Waals surface area contributed by atoms with E-state index in [1.54, 1.807) is 0 Å². The van der Waals surface area contributed by atoms with Gasteiger partial charge in [-0.3, -0.25) is 4.79 Å². The van der Waals surface area contributed by atoms with Crippen molar-refractivity contribution in [3.63, 3.8) is 0 Å². The molecule has 3 atom stereocenters. The number of carbonyl (C=O) groups excluding carboxylic acids is 1. The molecule has 2 aliphatic heterocycles. The Balaban J connectivity index is 1.23. The predicted molar refractivity (Wildman–Crippen MR) is 104 cm³/mol. The van der Waals surface area contributed by atoms with Crippen LogP contribution in [0.2, 0.25) is 0 Å². The number of fused-ring (bicyclic) bond motifs is 1. The number of halogens is 2. The number of ether oxygens (including phenoxy) is 1. The van der Waals surface area contributed by atoms with Crippen molar-refractivity contribution in [2.45, 2.75) is 50.5 Å². The van der Waals surface area contributed by atoms with Crippen molar-refractivity contribution in [1.82, 2.24) is 15.1 Å². The van der Waals surface area contributed by atoms with E-state index in [0.717, 1.165) is 17.7 Å². The van der Waals surface area contributed by atoms with Gasteiger partial charge in [-0.15, -0.1) is 5.10 Å². The van der Waals surface area contributed by atoms with Gasteiger partial charge in [-0.2, -0.15) is 0 Å². The van der Waals surface area contributed by atoms with E-state index in [0.29, 0.717) is 31.9 Å². The molecule has 1 aliphatic carbocycles. The molecule has 5 rings (SSSR count). The van der Waals surface area contributed by atoms with Crippen molar-refractivity contribution in [1.29, 1.82) is 0 Å². The van der Waals surface area contributed by atoms with Gasteiger partial charge in [0, 0.05) is 19.5 Å². The van der Waals surface area contributed by atoms with Crippen LogP contribution >= 0.6 is 0 Å². The van der Waals surface area contributed by atoms with Gasteiger partial charge >= 0.3 is 6.01 Å². The minimum Gasteiger partial charge on any atom is -0.492 e. The number of nitrogens with zero attached hydrogens (tertiary/aromatic N) is 3. The minimum atomic E-state index is -2.64. The van der Waals surface area contributed by atoms with Crippen LogP contribution in [0, 0.1) is 5.41 Å². The molecule has 160 valence electrons. The van der Waals surface area contributed by atoms with E-state index < -0.39 is 17.4 Å². The van der Waals surface area contributed by atoms with Crippen LogP contribution < -0.4 is 10.1 Å². The molecule has 7 nitrogen and oxygen atoms in total. The smallest absolute Gasteiger partial charge is 0.316 e. The summed E-state index contributed by atoms with van der Waals surface area (Å²) in [6.07, 6.45) is 1.46. The molecule has 3 unspecified atom stereocenters. The highest BCUT2D eigenvalue weighted by Crippen LogP contribution is 2.65. The van der Waals surface area contributed by atoms with Crippen molar-refractivity contribution in [3.05, 3.63) is 35.7 Å². The Morgan fingerprint density at radius 3 is 2.90 bits per heavy atom. The number of amides is 1. The maximum absolute atomic E-state index is 13.6. The molecule has 1 aromatic carbocycles. The van der Waals surface area contributed by atoms with Gasteiger partial charge in [-0.05, 0) is 30.9 Å². The zero-order valence-corrected chi connectivity index (χ0v) is 16.7. The summed E-state index contributed by atoms with van der Waals surface area (Å²) < 4.78 is 38.8. The molecular formula is C21H24F2N4O3. The molecule has 3 aliphatic rings. The maximum Gasteiger partial charge on any atom is 0.316 e. The van der Waals surface area contributed by atoms with Crippen molar-refractivity contribution in [2.24, 2.45) is 5.41 Å². The van der Waals surface area contributed by atoms with Crippen molar-refractivity contribution >= 4 is 11.9 Å². The first kappa shape index (κ1) is 19.3. The molecule has 3 heterocycles. The molecule has 1 saturated heterocycles. The number of anilines is 1. The highest BCUT2D eigenvalue weighted by Gasteiger charge is 2.73. The average molecular weight is 418 g/mol. The van der Waals surface area contributed by atoms with E-state index in [1.807, 2.05) is 31.2 Å². The van der Waals surface area contributed by atoms with E-state index in [9.17, 15) is 13.6 Å². The van der Waals surface area contributed by atoms with Crippen LogP contribution in [0.1, 0.15) is 43.6 Å². The van der Waals surface area contributed by atoms with E-state index in [1.165, 1.54) is 4.90 Å². The number of rotatable bonds is 5. The number of hydrogen-bond acceptors (Lipinski definition) is 6. The molecule has 1 saturated carbocycles. The second-order valence-corrected chi connectivity index (χ2v) is 8.54. The van der Waals surface area contributed by atoms with Crippen LogP contribution in [-0.4, -0.2) is 52.7 Å². The number of benzene rings is 1. The zero-order chi connectivity index (χ0) is 20.9. The molecule has 2 fully saturated rings. The van der Waals surface area contributed by atoms with E-state index in [-0.39, 0.29) is 30.8 Å². The van der Waals surface area contributed by atoms with Crippen LogP contribution in [0.3, 0.4) is 0 Å². The Bertz CT molecular complexity index is 965. The number of alkyl halides is 2. The number of likely N-dealkylation sites (tertiary alicyclic amines) is 1. The van der Waals surface area contributed by atoms with Gasteiger partial charge in [0.25, 0.3) is 5.92 Å². The van der Waals surface area contributed by atoms with Crippen LogP contribution in [0.4, 0.5) is 14.8 Å². The summed E-state index contributed by atoms with van der Waals surface area (Å²) in [5, 5.41) is 11.2. The van der Waals surface area contributed by atoms with Gasteiger partial charge in [-0.1, -0.05) is 30.2 Å². The molecule has 1 amide bonds. The number of hydrogen-bond donors (Lipinski definition) is 1. The topological polar surface area (TPSA) is 80.5 Å². The lowest BCUT2D eigenvalue weighted by molar-refractivity contribution is -0.131. The summed E-state index contributed by atoms with van der Waals surface area (Å²) in [7, 11) is 0. The standard InChI is InChI=1S/C21H24F2N4O3/c1-2-15(18(28)27-8-7-20(12-27)11-21(20,22)23)24-19-26-25-17(30-19)14-9-13-5-3-4-6-16(13)29-10-14/h3-6,14-15H,2,7-12H2,1H3,(H,24,26). The number of nitrogens with one attached hydrogen (secondary N) is 1. The molecule has 0 radical (unpaired) electrons. The first-order chi connectivity index (χ1) is 14.4. The van der Waals surface area contributed by atoms with E-state index >= 15 is 0 Å².